The molecule has 2 N–H and O–H groups in total. The molecule has 5 nitrogen and oxygen atoms in total. The normalized spacial score (nSPS) is 12.6. The van der Waals surface area contributed by atoms with E-state index in [1.165, 1.54) is 11.3 Å². The Morgan fingerprint density at radius 1 is 1.33 bits per heavy atom. The third kappa shape index (κ3) is 5.26. The monoisotopic (exact) mass is 311 g/mol. The van der Waals surface area contributed by atoms with Crippen molar-refractivity contribution in [1.82, 2.24) is 20.4 Å². The molecular weight excluding hydrogens is 282 g/mol. The molecule has 1 heterocycles. The van der Waals surface area contributed by atoms with Crippen molar-refractivity contribution in [3.05, 3.63) is 17.0 Å². The van der Waals surface area contributed by atoms with Crippen LogP contribution in [0.15, 0.2) is 4.99 Å². The number of aromatic nitrogens is 2. The van der Waals surface area contributed by atoms with Gasteiger partial charge in [0, 0.05) is 37.6 Å². The largest absolute Gasteiger partial charge is 0.356 e. The van der Waals surface area contributed by atoms with Crippen LogP contribution in [0.4, 0.5) is 0 Å². The lowest BCUT2D eigenvalue weighted by Crippen LogP contribution is -2.43. The second-order valence-electron chi connectivity index (χ2n) is 5.84. The van der Waals surface area contributed by atoms with Crippen LogP contribution in [-0.2, 0) is 13.5 Å². The summed E-state index contributed by atoms with van der Waals surface area (Å²) in [6.45, 7) is 10.4. The summed E-state index contributed by atoms with van der Waals surface area (Å²) in [5.41, 5.74) is 3.67. The fraction of sp³-hybridized carbons (Fsp3) is 0.733. The van der Waals surface area contributed by atoms with Crippen LogP contribution in [0.1, 0.15) is 30.8 Å². The summed E-state index contributed by atoms with van der Waals surface area (Å²) in [5, 5.41) is 11.2. The SMILES string of the molecule is CN=C(NCCc1c(C)nn(C)c1C)NCC(C)(C)SC. The highest BCUT2D eigenvalue weighted by Crippen LogP contribution is 2.19. The fourth-order valence-corrected chi connectivity index (χ4v) is 2.29. The molecule has 1 rings (SSSR count). The molecule has 0 saturated heterocycles. The van der Waals surface area contributed by atoms with Gasteiger partial charge in [-0.05, 0) is 45.9 Å². The highest BCUT2D eigenvalue weighted by molar-refractivity contribution is 7.99. The van der Waals surface area contributed by atoms with Gasteiger partial charge in [0.1, 0.15) is 0 Å². The first-order valence-electron chi connectivity index (χ1n) is 7.29. The average molecular weight is 311 g/mol. The summed E-state index contributed by atoms with van der Waals surface area (Å²) in [5.74, 6) is 0.858. The Morgan fingerprint density at radius 2 is 2.00 bits per heavy atom. The van der Waals surface area contributed by atoms with E-state index in [0.29, 0.717) is 0 Å². The molecule has 21 heavy (non-hydrogen) atoms. The van der Waals surface area contributed by atoms with E-state index in [1.807, 2.05) is 30.5 Å². The molecule has 0 fully saturated rings. The van der Waals surface area contributed by atoms with Crippen LogP contribution in [0.2, 0.25) is 0 Å². The number of nitrogens with zero attached hydrogens (tertiary/aromatic N) is 3. The van der Waals surface area contributed by atoms with Crippen molar-refractivity contribution in [3.63, 3.8) is 0 Å². The van der Waals surface area contributed by atoms with Crippen LogP contribution in [0.5, 0.6) is 0 Å². The van der Waals surface area contributed by atoms with E-state index in [2.05, 4.69) is 54.7 Å². The zero-order chi connectivity index (χ0) is 16.0. The summed E-state index contributed by atoms with van der Waals surface area (Å²) in [6.07, 6.45) is 3.09. The zero-order valence-electron chi connectivity index (χ0n) is 14.4. The molecule has 0 saturated carbocycles. The summed E-state index contributed by atoms with van der Waals surface area (Å²) in [7, 11) is 3.80. The molecule has 6 heteroatoms. The van der Waals surface area contributed by atoms with Crippen molar-refractivity contribution in [1.29, 1.82) is 0 Å². The van der Waals surface area contributed by atoms with Crippen LogP contribution in [0.3, 0.4) is 0 Å². The Labute approximate surface area is 133 Å². The number of nitrogens with one attached hydrogen (secondary N) is 2. The van der Waals surface area contributed by atoms with E-state index in [-0.39, 0.29) is 4.75 Å². The lowest BCUT2D eigenvalue weighted by molar-refractivity contribution is 0.663. The number of rotatable bonds is 6. The van der Waals surface area contributed by atoms with E-state index in [9.17, 15) is 0 Å². The molecule has 0 amide bonds. The summed E-state index contributed by atoms with van der Waals surface area (Å²) in [6, 6.07) is 0. The standard InChI is InChI=1S/C15H29N5S/c1-11-13(12(2)20(6)19-11)8-9-17-14(16-5)18-10-15(3,4)21-7/h8-10H2,1-7H3,(H2,16,17,18). The van der Waals surface area contributed by atoms with E-state index in [4.69, 9.17) is 0 Å². The van der Waals surface area contributed by atoms with E-state index < -0.39 is 0 Å². The first-order valence-corrected chi connectivity index (χ1v) is 8.52. The molecule has 1 aromatic rings. The maximum absolute atomic E-state index is 4.45. The van der Waals surface area contributed by atoms with Crippen molar-refractivity contribution in [2.24, 2.45) is 12.0 Å². The van der Waals surface area contributed by atoms with Gasteiger partial charge in [0.05, 0.1) is 5.69 Å². The molecular formula is C15H29N5S. The highest BCUT2D eigenvalue weighted by Gasteiger charge is 2.16. The van der Waals surface area contributed by atoms with Gasteiger partial charge in [-0.15, -0.1) is 0 Å². The molecule has 0 bridgehead atoms. The number of hydrogen-bond acceptors (Lipinski definition) is 3. The zero-order valence-corrected chi connectivity index (χ0v) is 15.2. The maximum atomic E-state index is 4.45. The third-order valence-corrected chi connectivity index (χ3v) is 5.03. The van der Waals surface area contributed by atoms with Crippen molar-refractivity contribution >= 4 is 17.7 Å². The lowest BCUT2D eigenvalue weighted by atomic mass is 10.1. The van der Waals surface area contributed by atoms with Gasteiger partial charge in [-0.25, -0.2) is 0 Å². The van der Waals surface area contributed by atoms with E-state index in [0.717, 1.165) is 31.2 Å². The van der Waals surface area contributed by atoms with Crippen molar-refractivity contribution in [2.45, 2.75) is 38.9 Å². The Morgan fingerprint density at radius 3 is 2.48 bits per heavy atom. The molecule has 0 aromatic carbocycles. The third-order valence-electron chi connectivity index (χ3n) is 3.78. The fourth-order valence-electron chi connectivity index (χ4n) is 2.07. The highest BCUT2D eigenvalue weighted by atomic mass is 32.2. The molecule has 1 aromatic heterocycles. The van der Waals surface area contributed by atoms with Crippen LogP contribution in [-0.4, -0.2) is 46.9 Å². The van der Waals surface area contributed by atoms with E-state index in [1.54, 1.807) is 0 Å². The van der Waals surface area contributed by atoms with Gasteiger partial charge >= 0.3 is 0 Å². The van der Waals surface area contributed by atoms with Gasteiger partial charge < -0.3 is 10.6 Å². The topological polar surface area (TPSA) is 54.2 Å². The van der Waals surface area contributed by atoms with Crippen molar-refractivity contribution in [2.75, 3.05) is 26.4 Å². The van der Waals surface area contributed by atoms with Crippen LogP contribution in [0.25, 0.3) is 0 Å². The number of aryl methyl sites for hydroxylation is 2. The quantitative estimate of drug-likeness (QED) is 0.622. The average Bonchev–Trinajstić information content (AvgIpc) is 2.68. The van der Waals surface area contributed by atoms with Crippen molar-refractivity contribution in [3.8, 4) is 0 Å². The summed E-state index contributed by atoms with van der Waals surface area (Å²) >= 11 is 1.85. The Balaban J connectivity index is 2.46. The second kappa shape index (κ2) is 7.73. The van der Waals surface area contributed by atoms with Gasteiger partial charge in [0.15, 0.2) is 5.96 Å². The van der Waals surface area contributed by atoms with Crippen LogP contribution >= 0.6 is 11.8 Å². The van der Waals surface area contributed by atoms with E-state index >= 15 is 0 Å². The summed E-state index contributed by atoms with van der Waals surface area (Å²) < 4.78 is 2.15. The molecule has 0 unspecified atom stereocenters. The first kappa shape index (κ1) is 17.9. The maximum Gasteiger partial charge on any atom is 0.191 e. The Bertz CT molecular complexity index is 490. The minimum absolute atomic E-state index is 0.203. The van der Waals surface area contributed by atoms with Crippen molar-refractivity contribution < 1.29 is 0 Å². The predicted octanol–water partition coefficient (Wildman–Crippen LogP) is 1.89. The molecule has 0 spiro atoms. The van der Waals surface area contributed by atoms with Gasteiger partial charge in [0.2, 0.25) is 0 Å². The number of guanidine groups is 1. The van der Waals surface area contributed by atoms with Crippen LogP contribution < -0.4 is 10.6 Å². The molecule has 0 aliphatic heterocycles. The van der Waals surface area contributed by atoms with Crippen LogP contribution in [0, 0.1) is 13.8 Å². The number of aliphatic imine (C=N–C) groups is 1. The first-order chi connectivity index (χ1) is 9.80. The number of thioether (sulfide) groups is 1. The smallest absolute Gasteiger partial charge is 0.191 e. The molecule has 0 radical (unpaired) electrons. The Hall–Kier alpha value is -1.17. The molecule has 120 valence electrons. The van der Waals surface area contributed by atoms with Gasteiger partial charge in [-0.2, -0.15) is 16.9 Å². The number of hydrogen-bond donors (Lipinski definition) is 2. The Kier molecular flexibility index (Phi) is 6.58. The molecule has 0 atom stereocenters. The predicted molar refractivity (Wildman–Crippen MR) is 93.3 cm³/mol. The molecule has 0 aliphatic carbocycles. The minimum atomic E-state index is 0.203. The van der Waals surface area contributed by atoms with Gasteiger partial charge in [-0.1, -0.05) is 0 Å². The lowest BCUT2D eigenvalue weighted by Gasteiger charge is -2.23. The van der Waals surface area contributed by atoms with Gasteiger partial charge in [-0.3, -0.25) is 9.67 Å². The minimum Gasteiger partial charge on any atom is -0.356 e. The van der Waals surface area contributed by atoms with Gasteiger partial charge in [0.25, 0.3) is 0 Å². The summed E-state index contributed by atoms with van der Waals surface area (Å²) in [4.78, 5) is 4.27. The second-order valence-corrected chi connectivity index (χ2v) is 7.35. The molecule has 0 aliphatic rings.